The number of nitrogens with two attached hydrogens (primary N) is 1. The van der Waals surface area contributed by atoms with Crippen LogP contribution in [0, 0.1) is 0 Å². The predicted molar refractivity (Wildman–Crippen MR) is 96.3 cm³/mol. The van der Waals surface area contributed by atoms with Crippen LogP contribution in [0.2, 0.25) is 0 Å². The first-order chi connectivity index (χ1) is 14.9. The molecular weight excluding hydrogens is 529 g/mol. The van der Waals surface area contributed by atoms with Gasteiger partial charge in [-0.05, 0) is 6.07 Å². The molecule has 2 heterocycles. The predicted octanol–water partition coefficient (Wildman–Crippen LogP) is -1.78. The Morgan fingerprint density at radius 1 is 1.12 bits per heavy atom. The molecule has 1 aromatic rings. The molecule has 22 heteroatoms. The van der Waals surface area contributed by atoms with E-state index in [2.05, 4.69) is 18.1 Å². The highest BCUT2D eigenvalue weighted by Crippen LogP contribution is 2.74. The number of aliphatic hydroxyl groups is 2. The Kier molecular flexibility index (Phi) is 6.35. The summed E-state index contributed by atoms with van der Waals surface area (Å²) in [5, 5.41) is 21.6. The van der Waals surface area contributed by atoms with Crippen molar-refractivity contribution in [3.8, 4) is 0 Å². The third kappa shape index (κ3) is 4.23. The number of hydrogen-bond acceptors (Lipinski definition) is 12. The van der Waals surface area contributed by atoms with Gasteiger partial charge in [0.05, 0.1) is 0 Å². The summed E-state index contributed by atoms with van der Waals surface area (Å²) < 4.78 is 78.9. The summed E-state index contributed by atoms with van der Waals surface area (Å²) in [5.74, 6) is -0.285. The van der Waals surface area contributed by atoms with E-state index < -0.39 is 71.6 Å². The van der Waals surface area contributed by atoms with E-state index in [1.54, 1.807) is 0 Å². The Hall–Kier alpha value is -1.17. The van der Waals surface area contributed by atoms with Gasteiger partial charge in [-0.25, -0.2) is 27.3 Å². The van der Waals surface area contributed by atoms with Gasteiger partial charge in [0.1, 0.15) is 25.3 Å². The van der Waals surface area contributed by atoms with Gasteiger partial charge in [0, 0.05) is 6.20 Å². The number of ether oxygens (including phenoxy) is 1. The monoisotopic (exact) mass is 545 g/mol. The van der Waals surface area contributed by atoms with Gasteiger partial charge in [-0.3, -0.25) is 9.09 Å². The van der Waals surface area contributed by atoms with Crippen molar-refractivity contribution in [2.24, 2.45) is 0 Å². The first-order valence-corrected chi connectivity index (χ1v) is 12.8. The van der Waals surface area contributed by atoms with Gasteiger partial charge in [0.2, 0.25) is 0 Å². The van der Waals surface area contributed by atoms with E-state index in [1.165, 1.54) is 0 Å². The zero-order chi connectivity index (χ0) is 25.3. The number of hydrogen-bond donors (Lipinski definition) is 7. The van der Waals surface area contributed by atoms with Gasteiger partial charge in [0.25, 0.3) is 0 Å². The van der Waals surface area contributed by atoms with E-state index in [1.807, 2.05) is 0 Å². The Bertz CT molecular complexity index is 1160. The van der Waals surface area contributed by atoms with E-state index >= 15 is 0 Å². The maximum atomic E-state index is 13.9. The van der Waals surface area contributed by atoms with Crippen LogP contribution in [0.4, 0.5) is 14.6 Å². The van der Waals surface area contributed by atoms with Crippen molar-refractivity contribution in [1.82, 2.24) is 9.55 Å². The molecule has 7 atom stereocenters. The summed E-state index contributed by atoms with van der Waals surface area (Å²) in [7, 11) is -17.6. The van der Waals surface area contributed by atoms with E-state index in [9.17, 15) is 47.3 Å². The zero-order valence-electron chi connectivity index (χ0n) is 15.7. The van der Waals surface area contributed by atoms with Crippen molar-refractivity contribution in [1.29, 1.82) is 0 Å². The van der Waals surface area contributed by atoms with Crippen molar-refractivity contribution >= 4 is 29.3 Å². The fourth-order valence-electron chi connectivity index (χ4n) is 3.54. The molecule has 0 spiro atoms. The molecule has 0 bridgehead atoms. The Balaban J connectivity index is 1.92. The van der Waals surface area contributed by atoms with Crippen LogP contribution in [0.5, 0.6) is 0 Å². The van der Waals surface area contributed by atoms with E-state index in [0.717, 1.165) is 12.3 Å². The van der Waals surface area contributed by atoms with Crippen molar-refractivity contribution in [2.45, 2.75) is 29.1 Å². The first-order valence-electron chi connectivity index (χ1n) is 8.29. The maximum Gasteiger partial charge on any atom is 0.490 e. The molecule has 1 aromatic heterocycles. The molecule has 188 valence electrons. The Labute approximate surface area is 180 Å². The Morgan fingerprint density at radius 2 is 1.73 bits per heavy atom. The summed E-state index contributed by atoms with van der Waals surface area (Å²) in [6.07, 6.45) is -3.73. The molecule has 1 aliphatic carbocycles. The standard InChI is InChI=1S/C11H16F2N3O14P3/c12-3-9(18)7(16-2-1-5(14)15-8(16)17)27-10(4-13)6(11(9,10)19)28-32(23,24)30-33(25,26)29-31(20,21)22/h1-2,6-7,18-19H,3-4H2,(H,23,24)(H,25,26)(H2,14,15,17)(H2,20,21,22)/t6?,7-,9+,10-,11-/m1/s1. The van der Waals surface area contributed by atoms with Crippen LogP contribution in [0.1, 0.15) is 6.23 Å². The van der Waals surface area contributed by atoms with Crippen LogP contribution in [0.15, 0.2) is 17.1 Å². The van der Waals surface area contributed by atoms with Gasteiger partial charge >= 0.3 is 29.2 Å². The number of nitrogen functional groups attached to an aromatic ring is 1. The number of phosphoric ester groups is 1. The molecular formula is C11H16F2N3O14P3. The molecule has 3 unspecified atom stereocenters. The molecule has 1 aliphatic heterocycles. The number of anilines is 1. The maximum absolute atomic E-state index is 13.9. The van der Waals surface area contributed by atoms with Gasteiger partial charge in [-0.2, -0.15) is 13.6 Å². The van der Waals surface area contributed by atoms with Gasteiger partial charge in [0.15, 0.2) is 23.0 Å². The summed E-state index contributed by atoms with van der Waals surface area (Å²) >= 11 is 0. The third-order valence-electron chi connectivity index (χ3n) is 4.92. The number of alkyl halides is 2. The molecule has 3 rings (SSSR count). The fraction of sp³-hybridized carbons (Fsp3) is 0.636. The largest absolute Gasteiger partial charge is 0.490 e. The molecule has 0 amide bonds. The summed E-state index contributed by atoms with van der Waals surface area (Å²) in [6.45, 7) is -3.76. The van der Waals surface area contributed by atoms with Crippen LogP contribution in [0.25, 0.3) is 0 Å². The highest BCUT2D eigenvalue weighted by molar-refractivity contribution is 7.66. The summed E-state index contributed by atoms with van der Waals surface area (Å²) in [6, 6.07) is 1.02. The first kappa shape index (κ1) is 26.4. The van der Waals surface area contributed by atoms with E-state index in [4.69, 9.17) is 20.3 Å². The zero-order valence-corrected chi connectivity index (χ0v) is 18.4. The minimum Gasteiger partial charge on any atom is -0.383 e. The van der Waals surface area contributed by atoms with Crippen molar-refractivity contribution in [3.05, 3.63) is 22.7 Å². The van der Waals surface area contributed by atoms with E-state index in [-0.39, 0.29) is 5.82 Å². The third-order valence-corrected chi connectivity index (χ3v) is 8.72. The number of nitrogens with zero attached hydrogens (tertiary/aromatic N) is 2. The summed E-state index contributed by atoms with van der Waals surface area (Å²) in [4.78, 5) is 51.2. The van der Waals surface area contributed by atoms with Gasteiger partial charge < -0.3 is 40.3 Å². The molecule has 1 saturated heterocycles. The average Bonchev–Trinajstić information content (AvgIpc) is 3.05. The van der Waals surface area contributed by atoms with Crippen LogP contribution in [-0.4, -0.2) is 75.6 Å². The lowest BCUT2D eigenvalue weighted by Crippen LogP contribution is -2.54. The molecule has 33 heavy (non-hydrogen) atoms. The summed E-state index contributed by atoms with van der Waals surface area (Å²) in [5.41, 5.74) is -5.09. The lowest BCUT2D eigenvalue weighted by molar-refractivity contribution is -0.182. The van der Waals surface area contributed by atoms with Gasteiger partial charge in [-0.15, -0.1) is 0 Å². The number of rotatable bonds is 9. The van der Waals surface area contributed by atoms with Crippen molar-refractivity contribution in [2.75, 3.05) is 19.1 Å². The second-order valence-electron chi connectivity index (χ2n) is 6.94. The topological polar surface area (TPSA) is 270 Å². The normalized spacial score (nSPS) is 37.2. The quantitative estimate of drug-likeness (QED) is 0.169. The van der Waals surface area contributed by atoms with Crippen LogP contribution in [0.3, 0.4) is 0 Å². The number of aromatic nitrogens is 2. The molecule has 0 aromatic carbocycles. The highest BCUT2D eigenvalue weighted by Gasteiger charge is 2.95. The molecule has 17 nitrogen and oxygen atoms in total. The Morgan fingerprint density at radius 3 is 2.21 bits per heavy atom. The highest BCUT2D eigenvalue weighted by atomic mass is 31.3. The van der Waals surface area contributed by atoms with Crippen LogP contribution < -0.4 is 11.4 Å². The number of halogens is 2. The molecule has 1 saturated carbocycles. The molecule has 2 aliphatic rings. The second-order valence-corrected chi connectivity index (χ2v) is 11.3. The minimum absolute atomic E-state index is 0.285. The van der Waals surface area contributed by atoms with Crippen LogP contribution >= 0.6 is 23.5 Å². The van der Waals surface area contributed by atoms with Crippen molar-refractivity contribution in [3.63, 3.8) is 0 Å². The van der Waals surface area contributed by atoms with Crippen LogP contribution in [-0.2, 0) is 31.6 Å². The SMILES string of the molecule is Nc1ccn([C@@H]2O[C@]3(CF)C(OP(=O)(O)OP(=O)(O)OP(=O)(O)O)[C@@]3(O)[C@]2(O)CF)c(=O)n1. The van der Waals surface area contributed by atoms with Gasteiger partial charge in [-0.1, -0.05) is 0 Å². The minimum atomic E-state index is -5.98. The molecule has 8 N–H and O–H groups in total. The van der Waals surface area contributed by atoms with Crippen molar-refractivity contribution < 1.29 is 70.1 Å². The molecule has 2 fully saturated rings. The second kappa shape index (κ2) is 7.93. The average molecular weight is 545 g/mol. The lowest BCUT2D eigenvalue weighted by atomic mass is 9.93. The number of fused-ring (bicyclic) bond motifs is 1. The lowest BCUT2D eigenvalue weighted by Gasteiger charge is -2.34. The number of phosphoric acid groups is 3. The molecule has 0 radical (unpaired) electrons. The fourth-order valence-corrected chi connectivity index (χ4v) is 6.79. The van der Waals surface area contributed by atoms with E-state index in [0.29, 0.717) is 4.57 Å². The smallest absolute Gasteiger partial charge is 0.383 e.